The van der Waals surface area contributed by atoms with Gasteiger partial charge in [0.05, 0.1) is 11.6 Å². The van der Waals surface area contributed by atoms with Crippen LogP contribution in [0.15, 0.2) is 30.4 Å². The van der Waals surface area contributed by atoms with E-state index in [-0.39, 0.29) is 23.7 Å². The number of nitrogens with two attached hydrogens (primary N) is 1. The summed E-state index contributed by atoms with van der Waals surface area (Å²) in [7, 11) is 0. The van der Waals surface area contributed by atoms with Crippen LogP contribution in [0.5, 0.6) is 0 Å². The number of nitrogens with one attached hydrogen (secondary N) is 1. The third-order valence-corrected chi connectivity index (χ3v) is 3.53. The smallest absolute Gasteiger partial charge is 0.231 e. The normalized spacial score (nSPS) is 22.8. The van der Waals surface area contributed by atoms with Gasteiger partial charge in [0.1, 0.15) is 5.82 Å². The molecule has 1 aromatic carbocycles. The third kappa shape index (κ3) is 3.04. The molecule has 5 heteroatoms. The summed E-state index contributed by atoms with van der Waals surface area (Å²) in [6.45, 7) is 0. The summed E-state index contributed by atoms with van der Waals surface area (Å²) in [5, 5.41) is 2.78. The SMILES string of the molecule is NC1C=CC(C(=O)Nc2ccc(F)cc2I)C1. The molecule has 0 saturated carbocycles. The maximum atomic E-state index is 12.9. The Morgan fingerprint density at radius 3 is 2.82 bits per heavy atom. The molecule has 0 aliphatic heterocycles. The Hall–Kier alpha value is -0.950. The largest absolute Gasteiger partial charge is 0.325 e. The minimum atomic E-state index is -0.310. The van der Waals surface area contributed by atoms with Crippen molar-refractivity contribution in [1.29, 1.82) is 0 Å². The number of carbonyl (C=O) groups excluding carboxylic acids is 1. The van der Waals surface area contributed by atoms with Gasteiger partial charge in [0.2, 0.25) is 5.91 Å². The second kappa shape index (κ2) is 5.14. The van der Waals surface area contributed by atoms with Crippen molar-refractivity contribution >= 4 is 34.2 Å². The number of carbonyl (C=O) groups is 1. The van der Waals surface area contributed by atoms with E-state index >= 15 is 0 Å². The highest BCUT2D eigenvalue weighted by Gasteiger charge is 2.23. The summed E-state index contributed by atoms with van der Waals surface area (Å²) in [6, 6.07) is 4.23. The van der Waals surface area contributed by atoms with Gasteiger partial charge in [-0.2, -0.15) is 0 Å². The predicted octanol–water partition coefficient (Wildman–Crippen LogP) is 2.27. The second-order valence-electron chi connectivity index (χ2n) is 4.00. The van der Waals surface area contributed by atoms with Gasteiger partial charge in [-0.25, -0.2) is 4.39 Å². The highest BCUT2D eigenvalue weighted by atomic mass is 127. The molecule has 3 nitrogen and oxygen atoms in total. The summed E-state index contributed by atoms with van der Waals surface area (Å²) in [5.74, 6) is -0.597. The van der Waals surface area contributed by atoms with Crippen molar-refractivity contribution in [3.8, 4) is 0 Å². The number of rotatable bonds is 2. The maximum Gasteiger partial charge on any atom is 0.231 e. The lowest BCUT2D eigenvalue weighted by molar-refractivity contribution is -0.118. The summed E-state index contributed by atoms with van der Waals surface area (Å²) >= 11 is 1.99. The fraction of sp³-hybridized carbons (Fsp3) is 0.250. The Kier molecular flexibility index (Phi) is 3.78. The molecule has 3 N–H and O–H groups in total. The summed E-state index contributed by atoms with van der Waals surface area (Å²) in [4.78, 5) is 11.9. The van der Waals surface area contributed by atoms with Crippen LogP contribution >= 0.6 is 22.6 Å². The molecule has 2 rings (SSSR count). The van der Waals surface area contributed by atoms with E-state index in [1.807, 2.05) is 34.7 Å². The van der Waals surface area contributed by atoms with E-state index in [4.69, 9.17) is 5.73 Å². The van der Waals surface area contributed by atoms with Crippen molar-refractivity contribution < 1.29 is 9.18 Å². The quantitative estimate of drug-likeness (QED) is 0.638. The molecule has 17 heavy (non-hydrogen) atoms. The number of benzene rings is 1. The number of halogens is 2. The summed E-state index contributed by atoms with van der Waals surface area (Å²) < 4.78 is 13.6. The molecule has 2 unspecified atom stereocenters. The Labute approximate surface area is 112 Å². The van der Waals surface area contributed by atoms with E-state index in [2.05, 4.69) is 5.32 Å². The van der Waals surface area contributed by atoms with Crippen molar-refractivity contribution in [3.05, 3.63) is 39.7 Å². The first kappa shape index (κ1) is 12.5. The molecule has 90 valence electrons. The number of amides is 1. The van der Waals surface area contributed by atoms with Crippen LogP contribution in [0.1, 0.15) is 6.42 Å². The molecule has 0 aromatic heterocycles. The van der Waals surface area contributed by atoms with Crippen molar-refractivity contribution in [2.45, 2.75) is 12.5 Å². The van der Waals surface area contributed by atoms with Crippen LogP contribution in [0.25, 0.3) is 0 Å². The molecule has 0 saturated heterocycles. The fourth-order valence-electron chi connectivity index (χ4n) is 1.74. The first-order valence-electron chi connectivity index (χ1n) is 5.26. The lowest BCUT2D eigenvalue weighted by Gasteiger charge is -2.11. The van der Waals surface area contributed by atoms with Crippen LogP contribution in [-0.2, 0) is 4.79 Å². The minimum absolute atomic E-state index is 0.0435. The molecule has 1 aliphatic rings. The summed E-state index contributed by atoms with van der Waals surface area (Å²) in [6.07, 6.45) is 4.28. The zero-order valence-corrected chi connectivity index (χ0v) is 11.1. The molecule has 1 aromatic rings. The molecule has 2 atom stereocenters. The first-order chi connectivity index (χ1) is 8.06. The highest BCUT2D eigenvalue weighted by Crippen LogP contribution is 2.22. The standard InChI is InChI=1S/C12H12FIN2O/c13-8-2-4-11(10(14)6-8)16-12(17)7-1-3-9(15)5-7/h1-4,6-7,9H,5,15H2,(H,16,17). The van der Waals surface area contributed by atoms with Crippen molar-refractivity contribution in [3.63, 3.8) is 0 Å². The van der Waals surface area contributed by atoms with Crippen LogP contribution in [0.3, 0.4) is 0 Å². The molecule has 0 spiro atoms. The van der Waals surface area contributed by atoms with Gasteiger partial charge in [-0.05, 0) is 47.2 Å². The zero-order chi connectivity index (χ0) is 12.4. The average molecular weight is 346 g/mol. The maximum absolute atomic E-state index is 12.9. The number of anilines is 1. The average Bonchev–Trinajstić information content (AvgIpc) is 2.69. The Balaban J connectivity index is 2.06. The Morgan fingerprint density at radius 1 is 1.47 bits per heavy atom. The van der Waals surface area contributed by atoms with E-state index in [1.54, 1.807) is 6.07 Å². The minimum Gasteiger partial charge on any atom is -0.325 e. The number of hydrogen-bond acceptors (Lipinski definition) is 2. The second-order valence-corrected chi connectivity index (χ2v) is 5.17. The molecular formula is C12H12FIN2O. The van der Waals surface area contributed by atoms with Gasteiger partial charge in [-0.3, -0.25) is 4.79 Å². The van der Waals surface area contributed by atoms with Crippen LogP contribution < -0.4 is 11.1 Å². The van der Waals surface area contributed by atoms with E-state index < -0.39 is 0 Å². The highest BCUT2D eigenvalue weighted by molar-refractivity contribution is 14.1. The molecule has 0 heterocycles. The molecule has 0 fully saturated rings. The van der Waals surface area contributed by atoms with Crippen LogP contribution in [0, 0.1) is 15.3 Å². The van der Waals surface area contributed by atoms with E-state index in [1.165, 1.54) is 12.1 Å². The van der Waals surface area contributed by atoms with E-state index in [0.717, 1.165) is 0 Å². The van der Waals surface area contributed by atoms with E-state index in [9.17, 15) is 9.18 Å². The third-order valence-electron chi connectivity index (χ3n) is 2.64. The number of hydrogen-bond donors (Lipinski definition) is 2. The monoisotopic (exact) mass is 346 g/mol. The van der Waals surface area contributed by atoms with Crippen molar-refractivity contribution in [1.82, 2.24) is 0 Å². The van der Waals surface area contributed by atoms with Gasteiger partial charge in [0.15, 0.2) is 0 Å². The molecular weight excluding hydrogens is 334 g/mol. The molecule has 1 aliphatic carbocycles. The van der Waals surface area contributed by atoms with Gasteiger partial charge in [0, 0.05) is 9.61 Å². The topological polar surface area (TPSA) is 55.1 Å². The Morgan fingerprint density at radius 2 is 2.24 bits per heavy atom. The van der Waals surface area contributed by atoms with Crippen LogP contribution in [0.2, 0.25) is 0 Å². The van der Waals surface area contributed by atoms with Gasteiger partial charge < -0.3 is 11.1 Å². The van der Waals surface area contributed by atoms with Crippen LogP contribution in [-0.4, -0.2) is 11.9 Å². The molecule has 0 bridgehead atoms. The Bertz CT molecular complexity index is 476. The van der Waals surface area contributed by atoms with Gasteiger partial charge in [-0.15, -0.1) is 0 Å². The predicted molar refractivity (Wildman–Crippen MR) is 73.0 cm³/mol. The van der Waals surface area contributed by atoms with Crippen molar-refractivity contribution in [2.75, 3.05) is 5.32 Å². The first-order valence-corrected chi connectivity index (χ1v) is 6.34. The summed E-state index contributed by atoms with van der Waals surface area (Å²) in [5.41, 5.74) is 6.32. The molecule has 0 radical (unpaired) electrons. The lowest BCUT2D eigenvalue weighted by atomic mass is 10.1. The fourth-order valence-corrected chi connectivity index (χ4v) is 2.35. The van der Waals surface area contributed by atoms with Gasteiger partial charge in [0.25, 0.3) is 0 Å². The zero-order valence-electron chi connectivity index (χ0n) is 8.99. The lowest BCUT2D eigenvalue weighted by Crippen LogP contribution is -2.24. The van der Waals surface area contributed by atoms with Gasteiger partial charge in [-0.1, -0.05) is 12.2 Å². The van der Waals surface area contributed by atoms with Crippen molar-refractivity contribution in [2.24, 2.45) is 11.7 Å². The van der Waals surface area contributed by atoms with Crippen LogP contribution in [0.4, 0.5) is 10.1 Å². The van der Waals surface area contributed by atoms with Gasteiger partial charge >= 0.3 is 0 Å². The van der Waals surface area contributed by atoms with E-state index in [0.29, 0.717) is 15.7 Å². The molecule has 1 amide bonds.